The Kier molecular flexibility index (Phi) is 20.4. The molecule has 0 spiro atoms. The lowest BCUT2D eigenvalue weighted by Gasteiger charge is -2.30. The van der Waals surface area contributed by atoms with Crippen molar-refractivity contribution in [3.63, 3.8) is 0 Å². The number of benzene rings is 12. The van der Waals surface area contributed by atoms with Gasteiger partial charge in [-0.15, -0.1) is 11.3 Å². The molecule has 14 aromatic rings. The number of hydrogen-bond acceptors (Lipinski definition) is 5. The van der Waals surface area contributed by atoms with E-state index in [0.29, 0.717) is 5.92 Å². The first kappa shape index (κ1) is 75.3. The highest BCUT2D eigenvalue weighted by molar-refractivity contribution is 7.26. The summed E-state index contributed by atoms with van der Waals surface area (Å²) in [5.74, 6) is 10.1. The van der Waals surface area contributed by atoms with Gasteiger partial charge >= 0.3 is 0 Å². The maximum Gasteiger partial charge on any atom is 0.159 e. The molecule has 0 amide bonds. The third-order valence-corrected chi connectivity index (χ3v) is 32.9. The molecule has 10 aliphatic carbocycles. The van der Waals surface area contributed by atoms with Crippen LogP contribution in [-0.4, -0.2) is 0 Å². The molecule has 24 rings (SSSR count). The van der Waals surface area contributed by atoms with Crippen molar-refractivity contribution >= 4 is 105 Å². The van der Waals surface area contributed by atoms with Crippen LogP contribution in [0.15, 0.2) is 277 Å². The molecule has 10 aliphatic rings. The SMILES string of the molecule is CC1(C)c2ccccc2-c2c(N(c3ccc(C4CCCCC4)cc3)c3ccc(C4CC5CCC4C5)cc3)cccc21.c1ccc2c(c1)oc1c(N(c3ccc(C4CCCCC4)cc3)c3ccc(C4CC5CCC4C5)cc3)cccc12.c1ccc2c(c1)sc1c(N(c3ccc(C4CCCCC4)cc3)c3ccc(C4CC5CCC4C5)cc3)cccc12. The average molecular weight is 1580 g/mol. The van der Waals surface area contributed by atoms with Crippen LogP contribution in [0.3, 0.4) is 0 Å². The molecule has 12 aromatic carbocycles. The maximum atomic E-state index is 6.52. The Morgan fingerprint density at radius 3 is 1.10 bits per heavy atom. The van der Waals surface area contributed by atoms with Crippen LogP contribution in [0, 0.1) is 35.5 Å². The van der Waals surface area contributed by atoms with Gasteiger partial charge in [0.2, 0.25) is 0 Å². The van der Waals surface area contributed by atoms with E-state index in [1.54, 1.807) is 11.1 Å². The number of fused-ring (bicyclic) bond motifs is 15. The van der Waals surface area contributed by atoms with Gasteiger partial charge in [-0.3, -0.25) is 0 Å². The van der Waals surface area contributed by atoms with Crippen molar-refractivity contribution in [2.24, 2.45) is 35.5 Å². The van der Waals surface area contributed by atoms with Gasteiger partial charge in [0.05, 0.1) is 21.8 Å². The number of nitrogens with zero attached hydrogens (tertiary/aromatic N) is 3. The van der Waals surface area contributed by atoms with E-state index in [-0.39, 0.29) is 5.41 Å². The quantitative estimate of drug-likeness (QED) is 0.102. The van der Waals surface area contributed by atoms with E-state index >= 15 is 0 Å². The second-order valence-corrected chi connectivity index (χ2v) is 39.8. The second-order valence-electron chi connectivity index (χ2n) is 38.8. The molecule has 5 heteroatoms. The highest BCUT2D eigenvalue weighted by Gasteiger charge is 2.44. The first-order valence-corrected chi connectivity index (χ1v) is 47.6. The highest BCUT2D eigenvalue weighted by Crippen LogP contribution is 2.59. The van der Waals surface area contributed by atoms with Crippen LogP contribution in [-0.2, 0) is 5.41 Å². The van der Waals surface area contributed by atoms with Crippen LogP contribution in [0.1, 0.15) is 267 Å². The smallest absolute Gasteiger partial charge is 0.159 e. The van der Waals surface area contributed by atoms with Crippen molar-refractivity contribution in [2.45, 2.75) is 228 Å². The summed E-state index contributed by atoms with van der Waals surface area (Å²) in [5, 5.41) is 5.06. The summed E-state index contributed by atoms with van der Waals surface area (Å²) in [5.41, 5.74) is 27.8. The van der Waals surface area contributed by atoms with E-state index in [1.165, 1.54) is 294 Å². The zero-order valence-corrected chi connectivity index (χ0v) is 71.0. The van der Waals surface area contributed by atoms with E-state index in [4.69, 9.17) is 4.42 Å². The lowest BCUT2D eigenvalue weighted by atomic mass is 9.82. The molecule has 6 bridgehead atoms. The van der Waals surface area contributed by atoms with Crippen LogP contribution in [0.2, 0.25) is 0 Å². The third kappa shape index (κ3) is 14.3. The Balaban J connectivity index is 0.000000107. The van der Waals surface area contributed by atoms with Gasteiger partial charge in [-0.2, -0.15) is 0 Å². The number of hydrogen-bond donors (Lipinski definition) is 0. The van der Waals surface area contributed by atoms with Crippen LogP contribution in [0.5, 0.6) is 0 Å². The zero-order chi connectivity index (χ0) is 79.1. The lowest BCUT2D eigenvalue weighted by molar-refractivity contribution is 0.420. The Bertz CT molecular complexity index is 5680. The lowest BCUT2D eigenvalue weighted by Crippen LogP contribution is -2.16. The maximum absolute atomic E-state index is 6.52. The van der Waals surface area contributed by atoms with Gasteiger partial charge in [-0.1, -0.05) is 261 Å². The molecule has 0 saturated heterocycles. The molecule has 2 aromatic heterocycles. The molecular formula is C114H117N3OS. The van der Waals surface area contributed by atoms with E-state index in [9.17, 15) is 0 Å². The first-order chi connectivity index (χ1) is 58.7. The summed E-state index contributed by atoms with van der Waals surface area (Å²) < 4.78 is 9.25. The standard InChI is InChI=1S/C40H43N.C37H37NO.C37H37NS/c1-40(2)36-12-7-6-11-34(36)39-37(40)13-8-14-38(39)41(32-21-17-29(18-22-32)28-9-4-3-5-10-28)33-23-19-30(20-24-33)35-26-27-15-16-31(35)25-27;2*1-2-7-26(8-3-1)27-15-19-30(20-16-27)38(31-21-17-28(18-22-31)34-24-25-13-14-29(34)23-25)35-11-6-10-33-32-9-4-5-12-36(32)39-37(33)35/h6-8,11-14,17-24,27-28,31,35H,3-5,9-10,15-16,25-26H2,1-2H3;2*4-6,9-12,15-22,25-26,29,34H,1-3,7-8,13-14,23-24H2. The summed E-state index contributed by atoms with van der Waals surface area (Å²) >= 11 is 1.92. The zero-order valence-electron chi connectivity index (χ0n) is 70.2. The molecule has 9 saturated carbocycles. The Hall–Kier alpha value is -9.94. The number of rotatable bonds is 15. The molecule has 4 nitrogen and oxygen atoms in total. The predicted molar refractivity (Wildman–Crippen MR) is 503 cm³/mol. The molecule has 119 heavy (non-hydrogen) atoms. The fourth-order valence-electron chi connectivity index (χ4n) is 25.6. The van der Waals surface area contributed by atoms with Crippen molar-refractivity contribution < 1.29 is 4.42 Å². The fourth-order valence-corrected chi connectivity index (χ4v) is 26.8. The molecular weight excluding hydrogens is 1460 g/mol. The molecule has 2 heterocycles. The van der Waals surface area contributed by atoms with Crippen LogP contribution >= 0.6 is 11.3 Å². The summed E-state index contributed by atoms with van der Waals surface area (Å²) in [6.07, 6.45) is 37.6. The molecule has 9 unspecified atom stereocenters. The van der Waals surface area contributed by atoms with Crippen molar-refractivity contribution in [3.8, 4) is 11.1 Å². The van der Waals surface area contributed by atoms with Gasteiger partial charge in [0, 0.05) is 71.3 Å². The largest absolute Gasteiger partial charge is 0.454 e. The van der Waals surface area contributed by atoms with Crippen molar-refractivity contribution in [3.05, 3.63) is 317 Å². The Morgan fingerprint density at radius 1 is 0.286 bits per heavy atom. The van der Waals surface area contributed by atoms with Gasteiger partial charge in [-0.25, -0.2) is 0 Å². The summed E-state index contributed by atoms with van der Waals surface area (Å²) in [7, 11) is 0. The molecule has 9 atom stereocenters. The number of furan rings is 1. The topological polar surface area (TPSA) is 22.9 Å². The molecule has 0 N–H and O–H groups in total. The minimum Gasteiger partial charge on any atom is -0.454 e. The minimum absolute atomic E-state index is 0.00983. The predicted octanol–water partition coefficient (Wildman–Crippen LogP) is 33.9. The second kappa shape index (κ2) is 32.2. The normalized spacial score (nSPS) is 23.5. The van der Waals surface area contributed by atoms with Crippen molar-refractivity contribution in [2.75, 3.05) is 14.7 Å². The van der Waals surface area contributed by atoms with E-state index in [2.05, 4.69) is 302 Å². The average Bonchev–Trinajstić information content (AvgIpc) is 1.57. The van der Waals surface area contributed by atoms with E-state index < -0.39 is 0 Å². The van der Waals surface area contributed by atoms with Crippen molar-refractivity contribution in [1.82, 2.24) is 0 Å². The molecule has 0 radical (unpaired) electrons. The number of anilines is 9. The van der Waals surface area contributed by atoms with Crippen LogP contribution in [0.25, 0.3) is 53.2 Å². The van der Waals surface area contributed by atoms with Gasteiger partial charge in [0.15, 0.2) is 5.58 Å². The fraction of sp³-hybridized carbons (Fsp3) is 0.368. The molecule has 0 aliphatic heterocycles. The third-order valence-electron chi connectivity index (χ3n) is 31.7. The van der Waals surface area contributed by atoms with Gasteiger partial charge in [0.25, 0.3) is 0 Å². The van der Waals surface area contributed by atoms with Crippen LogP contribution < -0.4 is 14.7 Å². The molecule has 9 fully saturated rings. The van der Waals surface area contributed by atoms with E-state index in [0.717, 1.165) is 82.0 Å². The van der Waals surface area contributed by atoms with Gasteiger partial charge < -0.3 is 19.1 Å². The highest BCUT2D eigenvalue weighted by atomic mass is 32.1. The first-order valence-electron chi connectivity index (χ1n) is 46.8. The summed E-state index contributed by atoms with van der Waals surface area (Å²) in [6.45, 7) is 4.77. The van der Waals surface area contributed by atoms with Crippen molar-refractivity contribution in [1.29, 1.82) is 0 Å². The molecule has 600 valence electrons. The van der Waals surface area contributed by atoms with Crippen LogP contribution in [0.4, 0.5) is 51.2 Å². The Labute approximate surface area is 711 Å². The summed E-state index contributed by atoms with van der Waals surface area (Å²) in [6, 6.07) is 104. The van der Waals surface area contributed by atoms with Gasteiger partial charge in [-0.05, 0) is 321 Å². The summed E-state index contributed by atoms with van der Waals surface area (Å²) in [4.78, 5) is 7.44. The van der Waals surface area contributed by atoms with E-state index in [1.807, 2.05) is 11.3 Å². The Morgan fingerprint density at radius 2 is 0.647 bits per heavy atom. The monoisotopic (exact) mass is 1580 g/mol. The van der Waals surface area contributed by atoms with Gasteiger partial charge in [0.1, 0.15) is 5.58 Å². The minimum atomic E-state index is -0.00983. The number of para-hydroxylation sites is 2. The number of thiophene rings is 1.